The van der Waals surface area contributed by atoms with Crippen molar-refractivity contribution in [1.82, 2.24) is 0 Å². The van der Waals surface area contributed by atoms with Crippen LogP contribution in [-0.4, -0.2) is 19.3 Å². The topological polar surface area (TPSA) is 18.5 Å². The van der Waals surface area contributed by atoms with E-state index in [4.69, 9.17) is 9.31 Å². The molecule has 1 fully saturated rings. The second kappa shape index (κ2) is 7.71. The fourth-order valence-corrected chi connectivity index (χ4v) is 2.65. The molecule has 19 heavy (non-hydrogen) atoms. The molecule has 0 aromatic heterocycles. The Morgan fingerprint density at radius 1 is 1.11 bits per heavy atom. The van der Waals surface area contributed by atoms with E-state index in [9.17, 15) is 0 Å². The molecule has 1 aromatic carbocycles. The van der Waals surface area contributed by atoms with E-state index in [0.717, 1.165) is 18.3 Å². The summed E-state index contributed by atoms with van der Waals surface area (Å²) >= 11 is 0. The van der Waals surface area contributed by atoms with E-state index in [1.165, 1.54) is 25.7 Å². The Labute approximate surface area is 117 Å². The number of unbranched alkanes of at least 4 members (excludes halogenated alkanes) is 3. The highest BCUT2D eigenvalue weighted by molar-refractivity contribution is 6.61. The van der Waals surface area contributed by atoms with Gasteiger partial charge in [-0.05, 0) is 25.2 Å². The van der Waals surface area contributed by atoms with Crippen LogP contribution >= 0.6 is 0 Å². The fraction of sp³-hybridized carbons (Fsp3) is 0.625. The monoisotopic (exact) mass is 260 g/mol. The van der Waals surface area contributed by atoms with Crippen molar-refractivity contribution >= 4 is 12.6 Å². The molecule has 0 spiro atoms. The molecule has 1 heterocycles. The third-order valence-corrected chi connectivity index (χ3v) is 3.72. The highest BCUT2D eigenvalue weighted by atomic mass is 16.6. The van der Waals surface area contributed by atoms with Gasteiger partial charge in [-0.15, -0.1) is 0 Å². The predicted molar refractivity (Wildman–Crippen MR) is 80.6 cm³/mol. The quantitative estimate of drug-likeness (QED) is 0.575. The average molecular weight is 260 g/mol. The smallest absolute Gasteiger partial charge is 0.405 e. The molecule has 1 aliphatic heterocycles. The maximum atomic E-state index is 6.10. The second-order valence-electron chi connectivity index (χ2n) is 5.53. The summed E-state index contributed by atoms with van der Waals surface area (Å²) in [4.78, 5) is 0. The Bertz CT molecular complexity index is 355. The van der Waals surface area contributed by atoms with Crippen molar-refractivity contribution in [3.05, 3.63) is 30.3 Å². The molecule has 0 radical (unpaired) electrons. The van der Waals surface area contributed by atoms with Crippen molar-refractivity contribution in [2.45, 2.75) is 64.6 Å². The van der Waals surface area contributed by atoms with Crippen molar-refractivity contribution < 1.29 is 9.31 Å². The molecule has 104 valence electrons. The van der Waals surface area contributed by atoms with Crippen molar-refractivity contribution in [2.75, 3.05) is 0 Å². The predicted octanol–water partition coefficient (Wildman–Crippen LogP) is 3.55. The molecule has 3 heteroatoms. The van der Waals surface area contributed by atoms with Crippen LogP contribution in [0.1, 0.15) is 52.4 Å². The Balaban J connectivity index is 1.85. The van der Waals surface area contributed by atoms with Crippen LogP contribution in [0.2, 0.25) is 0 Å². The molecule has 1 aromatic rings. The van der Waals surface area contributed by atoms with Gasteiger partial charge in [-0.1, -0.05) is 62.9 Å². The van der Waals surface area contributed by atoms with Crippen LogP contribution in [0.3, 0.4) is 0 Å². The van der Waals surface area contributed by atoms with Gasteiger partial charge in [0.05, 0.1) is 0 Å². The largest absolute Gasteiger partial charge is 0.494 e. The summed E-state index contributed by atoms with van der Waals surface area (Å²) in [5.41, 5.74) is 1.13. The molecule has 0 N–H and O–H groups in total. The highest BCUT2D eigenvalue weighted by Crippen LogP contribution is 2.21. The first-order valence-corrected chi connectivity index (χ1v) is 7.65. The number of hydrogen-bond acceptors (Lipinski definition) is 2. The van der Waals surface area contributed by atoms with Gasteiger partial charge in [-0.3, -0.25) is 0 Å². The summed E-state index contributed by atoms with van der Waals surface area (Å²) < 4.78 is 12.0. The zero-order chi connectivity index (χ0) is 13.5. The second-order valence-corrected chi connectivity index (χ2v) is 5.53. The van der Waals surface area contributed by atoms with Gasteiger partial charge in [0, 0.05) is 12.2 Å². The molecule has 0 amide bonds. The minimum atomic E-state index is -0.180. The highest BCUT2D eigenvalue weighted by Gasteiger charge is 2.33. The molecule has 1 aliphatic rings. The zero-order valence-electron chi connectivity index (χ0n) is 12.2. The van der Waals surface area contributed by atoms with Gasteiger partial charge >= 0.3 is 7.12 Å². The lowest BCUT2D eigenvalue weighted by atomic mass is 9.76. The van der Waals surface area contributed by atoms with Crippen molar-refractivity contribution in [3.63, 3.8) is 0 Å². The van der Waals surface area contributed by atoms with Gasteiger partial charge in [0.25, 0.3) is 0 Å². The lowest BCUT2D eigenvalue weighted by molar-refractivity contribution is 0.0260. The Morgan fingerprint density at radius 3 is 2.63 bits per heavy atom. The molecule has 0 saturated carbocycles. The molecule has 1 saturated heterocycles. The molecular formula is C16H25BO2. The summed E-state index contributed by atoms with van der Waals surface area (Å²) in [6.45, 7) is 4.40. The van der Waals surface area contributed by atoms with E-state index < -0.39 is 0 Å². The molecule has 0 unspecified atom stereocenters. The van der Waals surface area contributed by atoms with Crippen LogP contribution in [-0.2, 0) is 9.31 Å². The van der Waals surface area contributed by atoms with E-state index in [1.54, 1.807) is 0 Å². The van der Waals surface area contributed by atoms with Gasteiger partial charge in [0.15, 0.2) is 0 Å². The molecule has 2 rings (SSSR count). The number of rotatable bonds is 6. The van der Waals surface area contributed by atoms with Crippen LogP contribution in [0, 0.1) is 0 Å². The average Bonchev–Trinajstić information content (AvgIpc) is 2.44. The van der Waals surface area contributed by atoms with Crippen LogP contribution in [0.5, 0.6) is 0 Å². The Hall–Kier alpha value is -0.795. The maximum Gasteiger partial charge on any atom is 0.494 e. The van der Waals surface area contributed by atoms with Gasteiger partial charge in [-0.25, -0.2) is 0 Å². The van der Waals surface area contributed by atoms with Crippen LogP contribution in [0.4, 0.5) is 0 Å². The van der Waals surface area contributed by atoms with Crippen molar-refractivity contribution in [1.29, 1.82) is 0 Å². The van der Waals surface area contributed by atoms with E-state index in [1.807, 2.05) is 18.2 Å². The van der Waals surface area contributed by atoms with E-state index in [2.05, 4.69) is 26.0 Å². The van der Waals surface area contributed by atoms with Gasteiger partial charge < -0.3 is 9.31 Å². The number of hydrogen-bond donors (Lipinski definition) is 0. The Morgan fingerprint density at radius 2 is 1.89 bits per heavy atom. The van der Waals surface area contributed by atoms with Crippen LogP contribution < -0.4 is 5.46 Å². The molecule has 2 nitrogen and oxygen atoms in total. The lowest BCUT2D eigenvalue weighted by Crippen LogP contribution is -2.47. The third-order valence-electron chi connectivity index (χ3n) is 3.72. The summed E-state index contributed by atoms with van der Waals surface area (Å²) in [6, 6.07) is 10.3. The summed E-state index contributed by atoms with van der Waals surface area (Å²) in [5, 5.41) is 0. The SMILES string of the molecule is CCCCCC[C@H]1C[C@@H](C)OB(c2ccccc2)O1. The first-order chi connectivity index (χ1) is 9.29. The summed E-state index contributed by atoms with van der Waals surface area (Å²) in [7, 11) is -0.180. The molecule has 0 bridgehead atoms. The van der Waals surface area contributed by atoms with Gasteiger partial charge in [-0.2, -0.15) is 0 Å². The normalized spacial score (nSPS) is 23.6. The molecular weight excluding hydrogens is 235 g/mol. The van der Waals surface area contributed by atoms with E-state index in [0.29, 0.717) is 6.10 Å². The van der Waals surface area contributed by atoms with Crippen molar-refractivity contribution in [3.8, 4) is 0 Å². The van der Waals surface area contributed by atoms with Crippen molar-refractivity contribution in [2.24, 2.45) is 0 Å². The Kier molecular flexibility index (Phi) is 5.93. The van der Waals surface area contributed by atoms with Crippen LogP contribution in [0.25, 0.3) is 0 Å². The number of benzene rings is 1. The summed E-state index contributed by atoms with van der Waals surface area (Å²) in [5.74, 6) is 0. The van der Waals surface area contributed by atoms with E-state index in [-0.39, 0.29) is 13.2 Å². The molecule has 2 atom stereocenters. The third kappa shape index (κ3) is 4.66. The minimum absolute atomic E-state index is 0.180. The first kappa shape index (κ1) is 14.6. The minimum Gasteiger partial charge on any atom is -0.405 e. The van der Waals surface area contributed by atoms with Crippen LogP contribution in [0.15, 0.2) is 30.3 Å². The zero-order valence-corrected chi connectivity index (χ0v) is 12.2. The maximum absolute atomic E-state index is 6.10. The first-order valence-electron chi connectivity index (χ1n) is 7.65. The van der Waals surface area contributed by atoms with Gasteiger partial charge in [0.2, 0.25) is 0 Å². The van der Waals surface area contributed by atoms with E-state index >= 15 is 0 Å². The van der Waals surface area contributed by atoms with Gasteiger partial charge in [0.1, 0.15) is 0 Å². The standard InChI is InChI=1S/C16H25BO2/c1-3-4-5-9-12-16-13-14(2)18-17(19-16)15-10-7-6-8-11-15/h6-8,10-11,14,16H,3-5,9,12-13H2,1-2H3/t14-,16+/m1/s1. The lowest BCUT2D eigenvalue weighted by Gasteiger charge is -2.32. The molecule has 0 aliphatic carbocycles. The fourth-order valence-electron chi connectivity index (χ4n) is 2.65. The summed E-state index contributed by atoms with van der Waals surface area (Å²) in [6.07, 6.45) is 8.04.